The summed E-state index contributed by atoms with van der Waals surface area (Å²) in [5.74, 6) is -1.20. The van der Waals surface area contributed by atoms with Crippen LogP contribution in [0.5, 0.6) is 0 Å². The van der Waals surface area contributed by atoms with Crippen LogP contribution in [0.3, 0.4) is 0 Å². The number of ether oxygens (including phenoxy) is 1. The number of hydrogen-bond acceptors (Lipinski definition) is 4. The molecule has 1 aliphatic heterocycles. The number of imide groups is 1. The Kier molecular flexibility index (Phi) is 4.29. The zero-order chi connectivity index (χ0) is 16.3. The van der Waals surface area contributed by atoms with Gasteiger partial charge in [0.15, 0.2) is 0 Å². The molecule has 0 saturated carbocycles. The summed E-state index contributed by atoms with van der Waals surface area (Å²) in [6, 6.07) is 6.67. The van der Waals surface area contributed by atoms with Crippen molar-refractivity contribution in [3.8, 4) is 0 Å². The minimum atomic E-state index is -0.572. The van der Waals surface area contributed by atoms with Crippen molar-refractivity contribution in [2.45, 2.75) is 26.4 Å². The highest BCUT2D eigenvalue weighted by atomic mass is 16.6. The average molecular weight is 299 g/mol. The molecule has 22 heavy (non-hydrogen) atoms. The lowest BCUT2D eigenvalue weighted by atomic mass is 10.1. The molecule has 5 nitrogen and oxygen atoms in total. The van der Waals surface area contributed by atoms with Crippen LogP contribution in [0.2, 0.25) is 0 Å². The number of carbonyl (C=O) groups excluding carboxylic acids is 3. The van der Waals surface area contributed by atoms with Crippen LogP contribution in [0.25, 0.3) is 0 Å². The molecule has 1 aromatic carbocycles. The van der Waals surface area contributed by atoms with Gasteiger partial charge in [-0.05, 0) is 39.0 Å². The lowest BCUT2D eigenvalue weighted by Gasteiger charge is -2.17. The number of carbonyl (C=O) groups is 3. The predicted octanol–water partition coefficient (Wildman–Crippen LogP) is 2.34. The first-order valence-corrected chi connectivity index (χ1v) is 6.89. The normalized spacial score (nSPS) is 13.5. The van der Waals surface area contributed by atoms with Gasteiger partial charge in [-0.2, -0.15) is 0 Å². The Labute approximate surface area is 128 Å². The molecular formula is C17H17NO4. The molecule has 0 fully saturated rings. The van der Waals surface area contributed by atoms with Crippen LogP contribution in [0.4, 0.5) is 0 Å². The van der Waals surface area contributed by atoms with Crippen molar-refractivity contribution in [1.29, 1.82) is 0 Å². The zero-order valence-electron chi connectivity index (χ0n) is 12.8. The van der Waals surface area contributed by atoms with Gasteiger partial charge in [-0.3, -0.25) is 14.5 Å². The number of benzene rings is 1. The summed E-state index contributed by atoms with van der Waals surface area (Å²) in [4.78, 5) is 36.7. The molecule has 0 spiro atoms. The minimum absolute atomic E-state index is 0.0612. The molecule has 2 amide bonds. The van der Waals surface area contributed by atoms with E-state index in [1.54, 1.807) is 45.0 Å². The third-order valence-electron chi connectivity index (χ3n) is 2.88. The second-order valence-electron chi connectivity index (χ2n) is 5.82. The highest BCUT2D eigenvalue weighted by Crippen LogP contribution is 2.21. The fourth-order valence-electron chi connectivity index (χ4n) is 2.01. The van der Waals surface area contributed by atoms with E-state index in [4.69, 9.17) is 4.74 Å². The molecule has 0 saturated heterocycles. The number of hydrogen-bond donors (Lipinski definition) is 0. The average Bonchev–Trinajstić information content (AvgIpc) is 2.67. The maximum absolute atomic E-state index is 12.1. The molecule has 2 rings (SSSR count). The molecule has 0 N–H and O–H groups in total. The second kappa shape index (κ2) is 6.00. The van der Waals surface area contributed by atoms with E-state index in [1.807, 2.05) is 0 Å². The Morgan fingerprint density at radius 1 is 1.18 bits per heavy atom. The molecule has 0 aliphatic carbocycles. The smallest absolute Gasteiger partial charge is 0.339 e. The van der Waals surface area contributed by atoms with E-state index in [1.165, 1.54) is 6.08 Å². The van der Waals surface area contributed by atoms with Crippen LogP contribution in [-0.4, -0.2) is 34.8 Å². The molecule has 0 bridgehead atoms. The molecule has 0 unspecified atom stereocenters. The van der Waals surface area contributed by atoms with Gasteiger partial charge in [0.2, 0.25) is 0 Å². The lowest BCUT2D eigenvalue weighted by molar-refractivity contribution is -0.148. The molecule has 1 heterocycles. The van der Waals surface area contributed by atoms with Crippen molar-refractivity contribution in [3.05, 3.63) is 53.3 Å². The van der Waals surface area contributed by atoms with Crippen molar-refractivity contribution < 1.29 is 19.1 Å². The van der Waals surface area contributed by atoms with E-state index in [-0.39, 0.29) is 18.4 Å². The Balaban J connectivity index is 2.02. The Hall–Kier alpha value is -2.65. The van der Waals surface area contributed by atoms with E-state index in [0.29, 0.717) is 11.1 Å². The van der Waals surface area contributed by atoms with Gasteiger partial charge in [-0.25, -0.2) is 4.79 Å². The van der Waals surface area contributed by atoms with Crippen molar-refractivity contribution in [3.63, 3.8) is 0 Å². The number of nitrogens with zero attached hydrogens (tertiary/aromatic N) is 1. The van der Waals surface area contributed by atoms with E-state index < -0.39 is 11.6 Å². The van der Waals surface area contributed by atoms with Crippen LogP contribution in [-0.2, 0) is 9.53 Å². The van der Waals surface area contributed by atoms with Gasteiger partial charge in [0.05, 0.1) is 23.7 Å². The molecule has 114 valence electrons. The van der Waals surface area contributed by atoms with E-state index >= 15 is 0 Å². The van der Waals surface area contributed by atoms with E-state index in [0.717, 1.165) is 11.0 Å². The first-order valence-electron chi connectivity index (χ1n) is 6.89. The predicted molar refractivity (Wildman–Crippen MR) is 80.3 cm³/mol. The third kappa shape index (κ3) is 3.51. The summed E-state index contributed by atoms with van der Waals surface area (Å²) in [5.41, 5.74) is 2.86. The van der Waals surface area contributed by atoms with Crippen LogP contribution in [0.15, 0.2) is 42.1 Å². The van der Waals surface area contributed by atoms with Gasteiger partial charge < -0.3 is 4.74 Å². The molecule has 5 heteroatoms. The van der Waals surface area contributed by atoms with Crippen molar-refractivity contribution in [2.75, 3.05) is 6.54 Å². The first-order chi connectivity index (χ1) is 10.3. The molecule has 1 aliphatic rings. The van der Waals surface area contributed by atoms with Gasteiger partial charge in [0.25, 0.3) is 11.8 Å². The standard InChI is InChI=1S/C17H17NO4/c1-17(2,3)22-14(19)10-6-7-11-18-15(20)12-8-4-5-9-13(12)16(18)21/h4-5,7-10H,11H2,1-3H3. The molecule has 0 atom stereocenters. The highest BCUT2D eigenvalue weighted by Gasteiger charge is 2.34. The minimum Gasteiger partial charge on any atom is -0.456 e. The van der Waals surface area contributed by atoms with Gasteiger partial charge in [0.1, 0.15) is 5.60 Å². The largest absolute Gasteiger partial charge is 0.456 e. The Bertz CT molecular complexity index is 656. The van der Waals surface area contributed by atoms with Gasteiger partial charge in [0, 0.05) is 0 Å². The quantitative estimate of drug-likeness (QED) is 0.372. The Morgan fingerprint density at radius 3 is 2.23 bits per heavy atom. The SMILES string of the molecule is CC(C)(C)OC(=O)C=C=CCN1C(=O)c2ccccc2C1=O. The molecule has 1 aromatic rings. The topological polar surface area (TPSA) is 63.7 Å². The van der Waals surface area contributed by atoms with Crippen LogP contribution in [0.1, 0.15) is 41.5 Å². The fraction of sp³-hybridized carbons (Fsp3) is 0.294. The van der Waals surface area contributed by atoms with Crippen LogP contribution < -0.4 is 0 Å². The summed E-state index contributed by atoms with van der Waals surface area (Å²) < 4.78 is 5.08. The zero-order valence-corrected chi connectivity index (χ0v) is 12.8. The van der Waals surface area contributed by atoms with Gasteiger partial charge in [-0.15, -0.1) is 5.73 Å². The van der Waals surface area contributed by atoms with E-state index in [9.17, 15) is 14.4 Å². The van der Waals surface area contributed by atoms with Crippen LogP contribution in [0, 0.1) is 0 Å². The molecular weight excluding hydrogens is 282 g/mol. The highest BCUT2D eigenvalue weighted by molar-refractivity contribution is 6.21. The third-order valence-corrected chi connectivity index (χ3v) is 2.88. The maximum atomic E-state index is 12.1. The number of fused-ring (bicyclic) bond motifs is 1. The van der Waals surface area contributed by atoms with Gasteiger partial charge in [-0.1, -0.05) is 12.1 Å². The summed E-state index contributed by atoms with van der Waals surface area (Å²) in [5, 5.41) is 0. The summed E-state index contributed by atoms with van der Waals surface area (Å²) in [6.45, 7) is 5.36. The lowest BCUT2D eigenvalue weighted by Crippen LogP contribution is -2.29. The van der Waals surface area contributed by atoms with Gasteiger partial charge >= 0.3 is 5.97 Å². The van der Waals surface area contributed by atoms with Crippen LogP contribution >= 0.6 is 0 Å². The molecule has 0 radical (unpaired) electrons. The Morgan fingerprint density at radius 2 is 1.73 bits per heavy atom. The van der Waals surface area contributed by atoms with E-state index in [2.05, 4.69) is 5.73 Å². The summed E-state index contributed by atoms with van der Waals surface area (Å²) in [6.07, 6.45) is 2.59. The number of esters is 1. The first kappa shape index (κ1) is 15.7. The second-order valence-corrected chi connectivity index (χ2v) is 5.82. The molecule has 0 aromatic heterocycles. The monoisotopic (exact) mass is 299 g/mol. The van der Waals surface area contributed by atoms with Crippen molar-refractivity contribution in [1.82, 2.24) is 4.90 Å². The van der Waals surface area contributed by atoms with Crippen molar-refractivity contribution >= 4 is 17.8 Å². The number of rotatable bonds is 3. The summed E-state index contributed by atoms with van der Waals surface area (Å²) in [7, 11) is 0. The number of amides is 2. The van der Waals surface area contributed by atoms with Crippen molar-refractivity contribution in [2.24, 2.45) is 0 Å². The summed E-state index contributed by atoms with van der Waals surface area (Å²) >= 11 is 0. The maximum Gasteiger partial charge on any atom is 0.339 e. The fourth-order valence-corrected chi connectivity index (χ4v) is 2.01.